The van der Waals surface area contributed by atoms with Gasteiger partial charge < -0.3 is 4.57 Å². The Balaban J connectivity index is 1.75. The van der Waals surface area contributed by atoms with Gasteiger partial charge >= 0.3 is 0 Å². The molecule has 0 amide bonds. The average Bonchev–Trinajstić information content (AvgIpc) is 3.04. The maximum Gasteiger partial charge on any atom is 0.158 e. The lowest BCUT2D eigenvalue weighted by Gasteiger charge is -2.04. The summed E-state index contributed by atoms with van der Waals surface area (Å²) in [6, 6.07) is 9.84. The molecule has 0 bridgehead atoms. The van der Waals surface area contributed by atoms with Crippen molar-refractivity contribution >= 4 is 16.8 Å². The molecule has 21 heavy (non-hydrogen) atoms. The van der Waals surface area contributed by atoms with Gasteiger partial charge in [-0.3, -0.25) is 9.48 Å². The van der Waals surface area contributed by atoms with Crippen LogP contribution in [0.2, 0.25) is 0 Å². The Labute approximate surface area is 123 Å². The van der Waals surface area contributed by atoms with Crippen molar-refractivity contribution in [3.8, 4) is 0 Å². The number of Topliss-reactive ketones (excluding diaryl/α,β-unsaturated/α-hetero) is 1. The van der Waals surface area contributed by atoms with E-state index in [9.17, 15) is 4.79 Å². The minimum atomic E-state index is 0.156. The largest absolute Gasteiger partial charge is 0.323 e. The first kappa shape index (κ1) is 13.5. The van der Waals surface area contributed by atoms with Gasteiger partial charge in [-0.1, -0.05) is 19.1 Å². The van der Waals surface area contributed by atoms with Crippen molar-refractivity contribution in [2.45, 2.75) is 26.3 Å². The highest BCUT2D eigenvalue weighted by atomic mass is 16.1. The maximum absolute atomic E-state index is 12.3. The van der Waals surface area contributed by atoms with Crippen molar-refractivity contribution in [3.63, 3.8) is 0 Å². The summed E-state index contributed by atoms with van der Waals surface area (Å²) >= 11 is 0. The fraction of sp³-hybridized carbons (Fsp3) is 0.312. The molecule has 0 aliphatic heterocycles. The topological polar surface area (TPSA) is 52.7 Å². The number of benzene rings is 1. The lowest BCUT2D eigenvalue weighted by Crippen LogP contribution is -2.14. The van der Waals surface area contributed by atoms with E-state index in [4.69, 9.17) is 0 Å². The summed E-state index contributed by atoms with van der Waals surface area (Å²) in [4.78, 5) is 16.6. The Hall–Kier alpha value is -2.43. The third-order valence-corrected chi connectivity index (χ3v) is 3.64. The summed E-state index contributed by atoms with van der Waals surface area (Å²) < 4.78 is 3.69. The highest BCUT2D eigenvalue weighted by molar-refractivity contribution is 5.83. The van der Waals surface area contributed by atoms with Crippen LogP contribution in [-0.2, 0) is 31.2 Å². The predicted molar refractivity (Wildman–Crippen MR) is 81.0 cm³/mol. The number of imidazole rings is 1. The number of aryl methyl sites for hydroxylation is 2. The molecule has 0 radical (unpaired) electrons. The number of carbonyl (C=O) groups excluding carboxylic acids is 1. The molecule has 1 aromatic carbocycles. The SMILES string of the molecule is CCc1cc(CC(=O)Cn2cnc3ccccc32)n(C)n1. The predicted octanol–water partition coefficient (Wildman–Crippen LogP) is 2.14. The molecule has 0 fully saturated rings. The Bertz CT molecular complexity index is 785. The molecule has 3 rings (SSSR count). The van der Waals surface area contributed by atoms with Gasteiger partial charge in [0.2, 0.25) is 0 Å². The van der Waals surface area contributed by atoms with Crippen molar-refractivity contribution in [2.24, 2.45) is 7.05 Å². The Morgan fingerprint density at radius 3 is 2.86 bits per heavy atom. The molecule has 3 aromatic rings. The van der Waals surface area contributed by atoms with Crippen LogP contribution in [-0.4, -0.2) is 25.1 Å². The van der Waals surface area contributed by atoms with Gasteiger partial charge in [-0.25, -0.2) is 4.98 Å². The van der Waals surface area contributed by atoms with Crippen molar-refractivity contribution in [2.75, 3.05) is 0 Å². The van der Waals surface area contributed by atoms with Gasteiger partial charge in [0.1, 0.15) is 0 Å². The molecule has 0 saturated carbocycles. The minimum absolute atomic E-state index is 0.156. The normalized spacial score (nSPS) is 11.1. The monoisotopic (exact) mass is 282 g/mol. The molecule has 2 aromatic heterocycles. The zero-order valence-electron chi connectivity index (χ0n) is 12.3. The molecule has 0 aliphatic rings. The van der Waals surface area contributed by atoms with E-state index >= 15 is 0 Å². The molecule has 5 nitrogen and oxygen atoms in total. The number of rotatable bonds is 5. The van der Waals surface area contributed by atoms with Gasteiger partial charge in [0.05, 0.1) is 36.0 Å². The van der Waals surface area contributed by atoms with Crippen LogP contribution in [0.15, 0.2) is 36.7 Å². The highest BCUT2D eigenvalue weighted by Gasteiger charge is 2.11. The first-order chi connectivity index (χ1) is 10.2. The summed E-state index contributed by atoms with van der Waals surface area (Å²) in [5.74, 6) is 0.156. The van der Waals surface area contributed by atoms with Gasteiger partial charge in [0, 0.05) is 12.7 Å². The van der Waals surface area contributed by atoms with E-state index in [1.165, 1.54) is 0 Å². The van der Waals surface area contributed by atoms with Crippen LogP contribution in [0, 0.1) is 0 Å². The Morgan fingerprint density at radius 2 is 2.10 bits per heavy atom. The molecule has 0 N–H and O–H groups in total. The van der Waals surface area contributed by atoms with Gasteiger partial charge in [0.15, 0.2) is 5.78 Å². The lowest BCUT2D eigenvalue weighted by molar-refractivity contribution is -0.119. The third-order valence-electron chi connectivity index (χ3n) is 3.64. The fourth-order valence-corrected chi connectivity index (χ4v) is 2.49. The highest BCUT2D eigenvalue weighted by Crippen LogP contribution is 2.12. The van der Waals surface area contributed by atoms with Crippen LogP contribution < -0.4 is 0 Å². The number of nitrogens with zero attached hydrogens (tertiary/aromatic N) is 4. The molecule has 0 spiro atoms. The van der Waals surface area contributed by atoms with E-state index in [0.717, 1.165) is 28.8 Å². The number of ketones is 1. The van der Waals surface area contributed by atoms with Gasteiger partial charge in [-0.05, 0) is 24.6 Å². The molecule has 2 heterocycles. The van der Waals surface area contributed by atoms with E-state index < -0.39 is 0 Å². The molecule has 0 aliphatic carbocycles. The quantitative estimate of drug-likeness (QED) is 0.720. The molecule has 0 atom stereocenters. The summed E-state index contributed by atoms with van der Waals surface area (Å²) in [5.41, 5.74) is 3.89. The number of hydrogen-bond donors (Lipinski definition) is 0. The first-order valence-corrected chi connectivity index (χ1v) is 7.10. The molecule has 0 unspecified atom stereocenters. The first-order valence-electron chi connectivity index (χ1n) is 7.10. The minimum Gasteiger partial charge on any atom is -0.323 e. The second kappa shape index (κ2) is 5.52. The standard InChI is InChI=1S/C16H18N4O/c1-3-12-8-13(19(2)18-12)9-14(21)10-20-11-17-15-6-4-5-7-16(15)20/h4-8,11H,3,9-10H2,1-2H3. The van der Waals surface area contributed by atoms with Gasteiger partial charge in [0.25, 0.3) is 0 Å². The molecule has 0 saturated heterocycles. The van der Waals surface area contributed by atoms with Crippen LogP contribution in [0.3, 0.4) is 0 Å². The number of hydrogen-bond acceptors (Lipinski definition) is 3. The number of fused-ring (bicyclic) bond motifs is 1. The van der Waals surface area contributed by atoms with Crippen molar-refractivity contribution in [1.82, 2.24) is 19.3 Å². The summed E-state index contributed by atoms with van der Waals surface area (Å²) in [6.07, 6.45) is 3.01. The number of carbonyl (C=O) groups is 1. The molecule has 108 valence electrons. The van der Waals surface area contributed by atoms with Crippen molar-refractivity contribution in [3.05, 3.63) is 48.0 Å². The van der Waals surface area contributed by atoms with Crippen molar-refractivity contribution < 1.29 is 4.79 Å². The Kier molecular flexibility index (Phi) is 3.56. The van der Waals surface area contributed by atoms with E-state index in [0.29, 0.717) is 13.0 Å². The van der Waals surface area contributed by atoms with E-state index in [2.05, 4.69) is 17.0 Å². The number of para-hydroxylation sites is 2. The zero-order chi connectivity index (χ0) is 14.8. The molecular formula is C16H18N4O. The van der Waals surface area contributed by atoms with Crippen molar-refractivity contribution in [1.29, 1.82) is 0 Å². The summed E-state index contributed by atoms with van der Waals surface area (Å²) in [7, 11) is 1.88. The molecule has 5 heteroatoms. The van der Waals surface area contributed by atoms with Crippen LogP contribution in [0.1, 0.15) is 18.3 Å². The lowest BCUT2D eigenvalue weighted by atomic mass is 10.2. The van der Waals surface area contributed by atoms with Gasteiger partial charge in [-0.2, -0.15) is 5.10 Å². The van der Waals surface area contributed by atoms with Crippen LogP contribution in [0.25, 0.3) is 11.0 Å². The second-order valence-electron chi connectivity index (χ2n) is 5.18. The van der Waals surface area contributed by atoms with E-state index in [1.807, 2.05) is 41.9 Å². The number of aromatic nitrogens is 4. The average molecular weight is 282 g/mol. The maximum atomic E-state index is 12.3. The van der Waals surface area contributed by atoms with Gasteiger partial charge in [-0.15, -0.1) is 0 Å². The fourth-order valence-electron chi connectivity index (χ4n) is 2.49. The summed E-state index contributed by atoms with van der Waals surface area (Å²) in [5, 5.41) is 4.37. The van der Waals surface area contributed by atoms with Crippen LogP contribution in [0.5, 0.6) is 0 Å². The van der Waals surface area contributed by atoms with E-state index in [-0.39, 0.29) is 5.78 Å². The zero-order valence-corrected chi connectivity index (χ0v) is 12.3. The van der Waals surface area contributed by atoms with E-state index in [1.54, 1.807) is 11.0 Å². The van der Waals surface area contributed by atoms with Crippen LogP contribution in [0.4, 0.5) is 0 Å². The second-order valence-corrected chi connectivity index (χ2v) is 5.18. The van der Waals surface area contributed by atoms with Crippen LogP contribution >= 0.6 is 0 Å². The Morgan fingerprint density at radius 1 is 1.29 bits per heavy atom. The molecular weight excluding hydrogens is 264 g/mol. The third kappa shape index (κ3) is 2.72. The smallest absolute Gasteiger partial charge is 0.158 e. The summed E-state index contributed by atoms with van der Waals surface area (Å²) in [6.45, 7) is 2.40.